The SMILES string of the molecule is COc1ccc(CN(Cc2ccccn2)Cc2ccc(C)o2)cc1Cn1nc(C)cc1C. The van der Waals surface area contributed by atoms with Crippen LogP contribution in [0.4, 0.5) is 0 Å². The fourth-order valence-electron chi connectivity index (χ4n) is 3.99. The Hall–Kier alpha value is -3.38. The number of aromatic nitrogens is 3. The van der Waals surface area contributed by atoms with Gasteiger partial charge in [0.05, 0.1) is 31.6 Å². The van der Waals surface area contributed by atoms with Crippen molar-refractivity contribution in [3.63, 3.8) is 0 Å². The van der Waals surface area contributed by atoms with Crippen LogP contribution >= 0.6 is 0 Å². The highest BCUT2D eigenvalue weighted by Gasteiger charge is 2.14. The quantitative estimate of drug-likeness (QED) is 0.372. The Kier molecular flexibility index (Phi) is 6.71. The molecule has 3 aromatic heterocycles. The molecule has 6 heteroatoms. The minimum absolute atomic E-state index is 0.675. The largest absolute Gasteiger partial charge is 0.496 e. The molecule has 0 fully saturated rings. The van der Waals surface area contributed by atoms with Gasteiger partial charge in [0.15, 0.2) is 0 Å². The average Bonchev–Trinajstić information content (AvgIpc) is 3.32. The van der Waals surface area contributed by atoms with Gasteiger partial charge in [-0.25, -0.2) is 0 Å². The lowest BCUT2D eigenvalue weighted by Crippen LogP contribution is -2.23. The summed E-state index contributed by atoms with van der Waals surface area (Å²) in [6.45, 7) is 8.96. The van der Waals surface area contributed by atoms with E-state index in [2.05, 4.69) is 46.2 Å². The summed E-state index contributed by atoms with van der Waals surface area (Å²) in [5.41, 5.74) is 5.52. The van der Waals surface area contributed by atoms with Gasteiger partial charge in [-0.3, -0.25) is 14.6 Å². The normalized spacial score (nSPS) is 11.3. The van der Waals surface area contributed by atoms with Gasteiger partial charge < -0.3 is 9.15 Å². The minimum Gasteiger partial charge on any atom is -0.496 e. The highest BCUT2D eigenvalue weighted by Crippen LogP contribution is 2.24. The first-order valence-electron chi connectivity index (χ1n) is 10.8. The summed E-state index contributed by atoms with van der Waals surface area (Å²) < 4.78 is 13.5. The number of pyridine rings is 1. The molecule has 0 spiro atoms. The first-order chi connectivity index (χ1) is 15.5. The highest BCUT2D eigenvalue weighted by molar-refractivity contribution is 5.38. The summed E-state index contributed by atoms with van der Waals surface area (Å²) in [7, 11) is 1.71. The average molecular weight is 431 g/mol. The van der Waals surface area contributed by atoms with Crippen LogP contribution < -0.4 is 4.74 Å². The van der Waals surface area contributed by atoms with Crippen molar-refractivity contribution < 1.29 is 9.15 Å². The van der Waals surface area contributed by atoms with Gasteiger partial charge in [-0.2, -0.15) is 5.10 Å². The zero-order chi connectivity index (χ0) is 22.5. The molecule has 0 unspecified atom stereocenters. The Morgan fingerprint density at radius 1 is 0.969 bits per heavy atom. The molecule has 0 radical (unpaired) electrons. The van der Waals surface area contributed by atoms with Crippen LogP contribution in [0.5, 0.6) is 5.75 Å². The van der Waals surface area contributed by atoms with E-state index in [1.165, 1.54) is 5.56 Å². The molecule has 0 saturated carbocycles. The summed E-state index contributed by atoms with van der Waals surface area (Å²) in [5, 5.41) is 4.62. The van der Waals surface area contributed by atoms with Crippen molar-refractivity contribution in [3.05, 3.63) is 101 Å². The van der Waals surface area contributed by atoms with E-state index in [1.54, 1.807) is 7.11 Å². The number of benzene rings is 1. The fraction of sp³-hybridized carbons (Fsp3) is 0.308. The Labute approximate surface area is 189 Å². The molecule has 166 valence electrons. The molecule has 0 saturated heterocycles. The van der Waals surface area contributed by atoms with E-state index in [-0.39, 0.29) is 0 Å². The first kappa shape index (κ1) is 21.8. The lowest BCUT2D eigenvalue weighted by Gasteiger charge is -2.22. The molecule has 0 aliphatic rings. The van der Waals surface area contributed by atoms with E-state index in [0.29, 0.717) is 13.1 Å². The van der Waals surface area contributed by atoms with Crippen LogP contribution in [0.15, 0.2) is 65.2 Å². The summed E-state index contributed by atoms with van der Waals surface area (Å²) in [4.78, 5) is 6.86. The van der Waals surface area contributed by atoms with Gasteiger partial charge in [0, 0.05) is 30.5 Å². The molecule has 0 atom stereocenters. The summed E-state index contributed by atoms with van der Waals surface area (Å²) >= 11 is 0. The van der Waals surface area contributed by atoms with E-state index in [9.17, 15) is 0 Å². The molecule has 0 amide bonds. The number of aryl methyl sites for hydroxylation is 3. The van der Waals surface area contributed by atoms with Crippen molar-refractivity contribution in [2.75, 3.05) is 7.11 Å². The topological polar surface area (TPSA) is 56.3 Å². The minimum atomic E-state index is 0.675. The molecule has 0 bridgehead atoms. The van der Waals surface area contributed by atoms with Crippen LogP contribution in [-0.4, -0.2) is 26.8 Å². The Morgan fingerprint density at radius 3 is 2.50 bits per heavy atom. The number of hydrogen-bond acceptors (Lipinski definition) is 5. The third-order valence-corrected chi connectivity index (χ3v) is 5.46. The highest BCUT2D eigenvalue weighted by atomic mass is 16.5. The number of rotatable bonds is 9. The van der Waals surface area contributed by atoms with E-state index in [0.717, 1.165) is 53.0 Å². The Bertz CT molecular complexity index is 1160. The van der Waals surface area contributed by atoms with Crippen molar-refractivity contribution in [2.45, 2.75) is 47.0 Å². The van der Waals surface area contributed by atoms with E-state index < -0.39 is 0 Å². The van der Waals surface area contributed by atoms with Gasteiger partial charge in [-0.05, 0) is 68.8 Å². The predicted octanol–water partition coefficient (Wildman–Crippen LogP) is 5.06. The molecule has 4 aromatic rings. The molecule has 3 heterocycles. The van der Waals surface area contributed by atoms with Crippen molar-refractivity contribution in [2.24, 2.45) is 0 Å². The Morgan fingerprint density at radius 2 is 1.84 bits per heavy atom. The summed E-state index contributed by atoms with van der Waals surface area (Å²) in [6, 6.07) is 18.6. The molecule has 32 heavy (non-hydrogen) atoms. The molecule has 6 nitrogen and oxygen atoms in total. The Balaban J connectivity index is 1.58. The van der Waals surface area contributed by atoms with E-state index in [1.807, 2.05) is 55.1 Å². The number of ether oxygens (including phenoxy) is 1. The van der Waals surface area contributed by atoms with Crippen molar-refractivity contribution in [1.82, 2.24) is 19.7 Å². The molecule has 0 N–H and O–H groups in total. The first-order valence-corrected chi connectivity index (χ1v) is 10.8. The number of furan rings is 1. The van der Waals surface area contributed by atoms with Gasteiger partial charge in [-0.15, -0.1) is 0 Å². The van der Waals surface area contributed by atoms with Crippen molar-refractivity contribution in [3.8, 4) is 5.75 Å². The van der Waals surface area contributed by atoms with Gasteiger partial charge in [0.2, 0.25) is 0 Å². The number of nitrogens with zero attached hydrogens (tertiary/aromatic N) is 4. The standard InChI is InChI=1S/C26H30N4O2/c1-19-13-20(2)30(28-19)16-23-14-22(9-11-26(23)31-4)15-29(17-24-7-5-6-12-27-24)18-25-10-8-21(3)32-25/h5-14H,15-18H2,1-4H3. The summed E-state index contributed by atoms with van der Waals surface area (Å²) in [5.74, 6) is 2.75. The molecule has 1 aromatic carbocycles. The monoisotopic (exact) mass is 430 g/mol. The lowest BCUT2D eigenvalue weighted by atomic mass is 10.1. The maximum absolute atomic E-state index is 5.85. The molecular formula is C26H30N4O2. The smallest absolute Gasteiger partial charge is 0.123 e. The summed E-state index contributed by atoms with van der Waals surface area (Å²) in [6.07, 6.45) is 1.84. The second kappa shape index (κ2) is 9.83. The van der Waals surface area contributed by atoms with Crippen molar-refractivity contribution >= 4 is 0 Å². The molecule has 0 aliphatic heterocycles. The number of hydrogen-bond donors (Lipinski definition) is 0. The van der Waals surface area contributed by atoms with Crippen LogP contribution in [0.2, 0.25) is 0 Å². The lowest BCUT2D eigenvalue weighted by molar-refractivity contribution is 0.223. The fourth-order valence-corrected chi connectivity index (χ4v) is 3.99. The third kappa shape index (κ3) is 5.45. The van der Waals surface area contributed by atoms with Crippen LogP contribution in [-0.2, 0) is 26.2 Å². The third-order valence-electron chi connectivity index (χ3n) is 5.46. The van der Waals surface area contributed by atoms with Crippen LogP contribution in [0.25, 0.3) is 0 Å². The maximum Gasteiger partial charge on any atom is 0.123 e. The van der Waals surface area contributed by atoms with E-state index in [4.69, 9.17) is 9.15 Å². The molecule has 4 rings (SSSR count). The van der Waals surface area contributed by atoms with Crippen molar-refractivity contribution in [1.29, 1.82) is 0 Å². The molecular weight excluding hydrogens is 400 g/mol. The second-order valence-corrected chi connectivity index (χ2v) is 8.21. The predicted molar refractivity (Wildman–Crippen MR) is 124 cm³/mol. The van der Waals surface area contributed by atoms with Gasteiger partial charge in [0.25, 0.3) is 0 Å². The zero-order valence-corrected chi connectivity index (χ0v) is 19.2. The van der Waals surface area contributed by atoms with E-state index >= 15 is 0 Å². The number of methoxy groups -OCH3 is 1. The van der Waals surface area contributed by atoms with Crippen LogP contribution in [0.3, 0.4) is 0 Å². The van der Waals surface area contributed by atoms with Crippen LogP contribution in [0, 0.1) is 20.8 Å². The molecule has 0 aliphatic carbocycles. The zero-order valence-electron chi connectivity index (χ0n) is 19.2. The second-order valence-electron chi connectivity index (χ2n) is 8.21. The van der Waals surface area contributed by atoms with Gasteiger partial charge >= 0.3 is 0 Å². The van der Waals surface area contributed by atoms with Gasteiger partial charge in [-0.1, -0.05) is 12.1 Å². The maximum atomic E-state index is 5.85. The van der Waals surface area contributed by atoms with Gasteiger partial charge in [0.1, 0.15) is 17.3 Å². The van der Waals surface area contributed by atoms with Crippen LogP contribution in [0.1, 0.15) is 39.7 Å².